The number of hydrogen-bond acceptors (Lipinski definition) is 2. The summed E-state index contributed by atoms with van der Waals surface area (Å²) in [6.45, 7) is 3.30. The van der Waals surface area contributed by atoms with E-state index in [-0.39, 0.29) is 0 Å². The number of alkyl halides is 3. The van der Waals surface area contributed by atoms with E-state index in [4.69, 9.17) is 4.74 Å². The molecular weight excluding hydrogens is 195 g/mol. The van der Waals surface area contributed by atoms with E-state index in [2.05, 4.69) is 4.99 Å². The number of aliphatic imine (C=N–C) groups is 1. The summed E-state index contributed by atoms with van der Waals surface area (Å²) in [5.74, 6) is 0. The van der Waals surface area contributed by atoms with Crippen LogP contribution in [0, 0.1) is 0 Å². The van der Waals surface area contributed by atoms with Gasteiger partial charge in [0.2, 0.25) is 0 Å². The van der Waals surface area contributed by atoms with E-state index in [0.717, 1.165) is 6.08 Å². The van der Waals surface area contributed by atoms with Crippen molar-refractivity contribution in [1.29, 1.82) is 0 Å². The fourth-order valence-corrected chi connectivity index (χ4v) is 1.38. The molecule has 0 N–H and O–H groups in total. The maximum atomic E-state index is 12.3. The molecule has 80 valence electrons. The number of halogens is 3. The van der Waals surface area contributed by atoms with E-state index in [0.29, 0.717) is 12.0 Å². The summed E-state index contributed by atoms with van der Waals surface area (Å²) in [4.78, 5) is 3.54. The maximum Gasteiger partial charge on any atom is 0.433 e. The highest BCUT2D eigenvalue weighted by Gasteiger charge is 2.42. The van der Waals surface area contributed by atoms with Gasteiger partial charge in [-0.05, 0) is 25.0 Å². The van der Waals surface area contributed by atoms with Crippen LogP contribution in [0.25, 0.3) is 0 Å². The molecule has 0 aromatic carbocycles. The lowest BCUT2D eigenvalue weighted by Crippen LogP contribution is -2.26. The number of ether oxygens (including phenoxy) is 1. The van der Waals surface area contributed by atoms with Gasteiger partial charge in [0.1, 0.15) is 5.71 Å². The van der Waals surface area contributed by atoms with Crippen molar-refractivity contribution < 1.29 is 17.9 Å². The number of allylic oxidation sites excluding steroid dienone is 1. The maximum absolute atomic E-state index is 12.3. The highest BCUT2D eigenvalue weighted by atomic mass is 19.4. The van der Waals surface area contributed by atoms with Crippen LogP contribution >= 0.6 is 0 Å². The highest BCUT2D eigenvalue weighted by Crippen LogP contribution is 2.34. The van der Waals surface area contributed by atoms with Gasteiger partial charge in [0.15, 0.2) is 5.72 Å². The Labute approximate surface area is 80.5 Å². The van der Waals surface area contributed by atoms with Crippen molar-refractivity contribution in [3.63, 3.8) is 0 Å². The molecule has 0 radical (unpaired) electrons. The average Bonchev–Trinajstić information content (AvgIpc) is 2.43. The minimum Gasteiger partial charge on any atom is -0.353 e. The van der Waals surface area contributed by atoms with Crippen molar-refractivity contribution in [2.75, 3.05) is 7.11 Å². The van der Waals surface area contributed by atoms with Crippen molar-refractivity contribution in [3.05, 3.63) is 11.6 Å². The number of nitrogens with zero attached hydrogens (tertiary/aromatic N) is 1. The fourth-order valence-electron chi connectivity index (χ4n) is 1.38. The third-order valence-corrected chi connectivity index (χ3v) is 2.31. The van der Waals surface area contributed by atoms with Gasteiger partial charge in [-0.2, -0.15) is 13.2 Å². The molecule has 5 heteroatoms. The Hall–Kier alpha value is -0.840. The summed E-state index contributed by atoms with van der Waals surface area (Å²) in [6, 6.07) is 0. The van der Waals surface area contributed by atoms with Crippen molar-refractivity contribution in [3.8, 4) is 0 Å². The normalized spacial score (nSPS) is 27.6. The number of rotatable bonds is 2. The number of hydrogen-bond donors (Lipinski definition) is 0. The van der Waals surface area contributed by atoms with Crippen LogP contribution in [-0.4, -0.2) is 24.7 Å². The van der Waals surface area contributed by atoms with E-state index >= 15 is 0 Å². The summed E-state index contributed by atoms with van der Waals surface area (Å²) >= 11 is 0. The van der Waals surface area contributed by atoms with Crippen LogP contribution in [0.5, 0.6) is 0 Å². The summed E-state index contributed by atoms with van der Waals surface area (Å²) in [5, 5.41) is 0. The first kappa shape index (κ1) is 11.2. The van der Waals surface area contributed by atoms with Crippen molar-refractivity contribution in [1.82, 2.24) is 0 Å². The molecule has 1 unspecified atom stereocenters. The van der Waals surface area contributed by atoms with Crippen LogP contribution < -0.4 is 0 Å². The molecule has 0 aromatic heterocycles. The van der Waals surface area contributed by atoms with Gasteiger partial charge in [-0.3, -0.25) is 0 Å². The minimum absolute atomic E-state index is 0.493. The molecule has 0 bridgehead atoms. The van der Waals surface area contributed by atoms with Crippen LogP contribution in [-0.2, 0) is 4.74 Å². The van der Waals surface area contributed by atoms with Crippen LogP contribution in [0.1, 0.15) is 20.3 Å². The largest absolute Gasteiger partial charge is 0.433 e. The lowest BCUT2D eigenvalue weighted by Gasteiger charge is -2.22. The highest BCUT2D eigenvalue weighted by molar-refractivity contribution is 6.02. The molecule has 14 heavy (non-hydrogen) atoms. The zero-order valence-electron chi connectivity index (χ0n) is 8.27. The van der Waals surface area contributed by atoms with Gasteiger partial charge >= 0.3 is 6.18 Å². The van der Waals surface area contributed by atoms with Gasteiger partial charge in [0, 0.05) is 7.11 Å². The predicted octanol–water partition coefficient (Wildman–Crippen LogP) is 2.70. The van der Waals surface area contributed by atoms with E-state index < -0.39 is 17.6 Å². The Bertz CT molecular complexity index is 293. The first-order chi connectivity index (χ1) is 6.33. The Morgan fingerprint density at radius 2 is 2.07 bits per heavy atom. The molecule has 0 spiro atoms. The zero-order chi connectivity index (χ0) is 11.0. The van der Waals surface area contributed by atoms with Gasteiger partial charge in [-0.25, -0.2) is 4.99 Å². The molecule has 0 fully saturated rings. The van der Waals surface area contributed by atoms with Gasteiger partial charge in [0.05, 0.1) is 0 Å². The van der Waals surface area contributed by atoms with Crippen LogP contribution in [0.3, 0.4) is 0 Å². The van der Waals surface area contributed by atoms with Crippen LogP contribution in [0.4, 0.5) is 13.2 Å². The standard InChI is InChI=1S/C9H12F3NO/c1-4-6-5-7(9(10,11)12)13-8(6,2)14-3/h5H,4H2,1-3H3. The molecule has 1 aliphatic rings. The van der Waals surface area contributed by atoms with E-state index in [1.165, 1.54) is 14.0 Å². The summed E-state index contributed by atoms with van der Waals surface area (Å²) in [5.41, 5.74) is -1.45. The average molecular weight is 207 g/mol. The van der Waals surface area contributed by atoms with Crippen molar-refractivity contribution >= 4 is 5.71 Å². The topological polar surface area (TPSA) is 21.6 Å². The summed E-state index contributed by atoms with van der Waals surface area (Å²) in [7, 11) is 1.35. The Balaban J connectivity index is 3.06. The predicted molar refractivity (Wildman–Crippen MR) is 47.3 cm³/mol. The zero-order valence-corrected chi connectivity index (χ0v) is 8.27. The van der Waals surface area contributed by atoms with Gasteiger partial charge in [-0.15, -0.1) is 0 Å². The second kappa shape index (κ2) is 3.38. The van der Waals surface area contributed by atoms with E-state index in [9.17, 15) is 13.2 Å². The Kier molecular flexibility index (Phi) is 2.71. The molecule has 1 atom stereocenters. The van der Waals surface area contributed by atoms with Crippen LogP contribution in [0.15, 0.2) is 16.6 Å². The first-order valence-electron chi connectivity index (χ1n) is 4.26. The SMILES string of the molecule is CCC1=CC(C(F)(F)F)=NC1(C)OC. The third kappa shape index (κ3) is 1.82. The molecule has 1 aliphatic heterocycles. The molecule has 1 rings (SSSR count). The molecule has 0 amide bonds. The second-order valence-corrected chi connectivity index (χ2v) is 3.20. The Morgan fingerprint density at radius 1 is 1.50 bits per heavy atom. The first-order valence-corrected chi connectivity index (χ1v) is 4.26. The summed E-state index contributed by atoms with van der Waals surface area (Å²) in [6.07, 6.45) is -2.84. The molecular formula is C9H12F3NO. The minimum atomic E-state index is -4.39. The molecule has 0 saturated carbocycles. The lowest BCUT2D eigenvalue weighted by atomic mass is 10.0. The lowest BCUT2D eigenvalue weighted by molar-refractivity contribution is -0.0591. The van der Waals surface area contributed by atoms with Gasteiger partial charge in [-0.1, -0.05) is 6.92 Å². The van der Waals surface area contributed by atoms with Gasteiger partial charge < -0.3 is 4.74 Å². The molecule has 0 saturated heterocycles. The van der Waals surface area contributed by atoms with E-state index in [1.54, 1.807) is 6.92 Å². The monoisotopic (exact) mass is 207 g/mol. The molecule has 0 aliphatic carbocycles. The van der Waals surface area contributed by atoms with Gasteiger partial charge in [0.25, 0.3) is 0 Å². The van der Waals surface area contributed by atoms with E-state index in [1.807, 2.05) is 0 Å². The molecule has 0 aromatic rings. The third-order valence-electron chi connectivity index (χ3n) is 2.31. The smallest absolute Gasteiger partial charge is 0.353 e. The number of methoxy groups -OCH3 is 1. The van der Waals surface area contributed by atoms with Crippen LogP contribution in [0.2, 0.25) is 0 Å². The molecule has 1 heterocycles. The summed E-state index contributed by atoms with van der Waals surface area (Å²) < 4.78 is 41.9. The quantitative estimate of drug-likeness (QED) is 0.682. The van der Waals surface area contributed by atoms with Crippen molar-refractivity contribution in [2.24, 2.45) is 4.99 Å². The molecule has 2 nitrogen and oxygen atoms in total. The fraction of sp³-hybridized carbons (Fsp3) is 0.667. The second-order valence-electron chi connectivity index (χ2n) is 3.20. The Morgan fingerprint density at radius 3 is 2.36 bits per heavy atom. The van der Waals surface area contributed by atoms with Crippen molar-refractivity contribution in [2.45, 2.75) is 32.2 Å².